The molecule has 18 heavy (non-hydrogen) atoms. The fourth-order valence-corrected chi connectivity index (χ4v) is 2.04. The molecule has 1 aliphatic rings. The minimum atomic E-state index is -0.979. The lowest BCUT2D eigenvalue weighted by Gasteiger charge is -2.19. The Labute approximate surface area is 105 Å². The Balaban J connectivity index is 2.24. The van der Waals surface area contributed by atoms with Gasteiger partial charge in [0.1, 0.15) is 5.82 Å². The van der Waals surface area contributed by atoms with E-state index < -0.39 is 5.97 Å². The van der Waals surface area contributed by atoms with E-state index in [0.717, 1.165) is 12.8 Å². The first-order valence-corrected chi connectivity index (χ1v) is 5.95. The van der Waals surface area contributed by atoms with Crippen LogP contribution < -0.4 is 0 Å². The molecular weight excluding hydrogens is 235 g/mol. The van der Waals surface area contributed by atoms with Crippen molar-refractivity contribution in [2.45, 2.75) is 12.8 Å². The first-order valence-electron chi connectivity index (χ1n) is 5.95. The van der Waals surface area contributed by atoms with Crippen molar-refractivity contribution >= 4 is 11.5 Å². The van der Waals surface area contributed by atoms with Crippen LogP contribution in [-0.4, -0.2) is 24.3 Å². The first kappa shape index (κ1) is 12.8. The van der Waals surface area contributed by atoms with Crippen molar-refractivity contribution in [1.82, 2.24) is 0 Å². The number of carbonyl (C=O) groups is 1. The molecule has 1 fully saturated rings. The molecule has 0 spiro atoms. The predicted molar refractivity (Wildman–Crippen MR) is 65.6 cm³/mol. The number of carboxylic acids is 1. The van der Waals surface area contributed by atoms with Gasteiger partial charge in [-0.05, 0) is 36.5 Å². The summed E-state index contributed by atoms with van der Waals surface area (Å²) in [5.74, 6) is -1.13. The second-order valence-corrected chi connectivity index (χ2v) is 4.34. The van der Waals surface area contributed by atoms with Crippen molar-refractivity contribution in [3.63, 3.8) is 0 Å². The van der Waals surface area contributed by atoms with E-state index in [2.05, 4.69) is 0 Å². The van der Waals surface area contributed by atoms with E-state index in [1.54, 1.807) is 6.08 Å². The number of halogens is 1. The summed E-state index contributed by atoms with van der Waals surface area (Å²) in [7, 11) is 0. The fourth-order valence-electron chi connectivity index (χ4n) is 2.04. The summed E-state index contributed by atoms with van der Waals surface area (Å²) in [5, 5.41) is 9.23. The lowest BCUT2D eigenvalue weighted by molar-refractivity contribution is -0.130. The van der Waals surface area contributed by atoms with Gasteiger partial charge in [-0.1, -0.05) is 18.2 Å². The Kier molecular flexibility index (Phi) is 4.10. The van der Waals surface area contributed by atoms with Gasteiger partial charge in [0, 0.05) is 13.2 Å². The Morgan fingerprint density at radius 3 is 2.44 bits per heavy atom. The van der Waals surface area contributed by atoms with Gasteiger partial charge in [-0.15, -0.1) is 0 Å². The Hall–Kier alpha value is -1.68. The molecule has 0 bridgehead atoms. The van der Waals surface area contributed by atoms with Crippen molar-refractivity contribution in [2.75, 3.05) is 13.2 Å². The summed E-state index contributed by atoms with van der Waals surface area (Å²) in [5.41, 5.74) is 0.775. The molecule has 1 saturated heterocycles. The molecule has 4 heteroatoms. The van der Waals surface area contributed by atoms with Crippen LogP contribution in [0.3, 0.4) is 0 Å². The lowest BCUT2D eigenvalue weighted by atomic mass is 9.94. The average Bonchev–Trinajstić information content (AvgIpc) is 2.38. The number of carboxylic acid groups (broad SMARTS) is 1. The van der Waals surface area contributed by atoms with Crippen LogP contribution in [0.15, 0.2) is 30.3 Å². The number of hydrogen-bond donors (Lipinski definition) is 1. The van der Waals surface area contributed by atoms with Crippen molar-refractivity contribution in [3.05, 3.63) is 41.7 Å². The monoisotopic (exact) mass is 250 g/mol. The van der Waals surface area contributed by atoms with Gasteiger partial charge >= 0.3 is 5.97 Å². The van der Waals surface area contributed by atoms with Crippen LogP contribution in [0.1, 0.15) is 18.4 Å². The maximum absolute atomic E-state index is 12.8. The van der Waals surface area contributed by atoms with Crippen LogP contribution in [0.25, 0.3) is 5.57 Å². The van der Waals surface area contributed by atoms with Gasteiger partial charge in [0.2, 0.25) is 0 Å². The molecular formula is C14H15FO3. The summed E-state index contributed by atoms with van der Waals surface area (Å²) >= 11 is 0. The summed E-state index contributed by atoms with van der Waals surface area (Å²) in [6.07, 6.45) is 3.42. The molecule has 2 rings (SSSR count). The minimum Gasteiger partial charge on any atom is -0.478 e. The molecule has 1 aliphatic heterocycles. The summed E-state index contributed by atoms with van der Waals surface area (Å²) < 4.78 is 18.1. The number of benzene rings is 1. The van der Waals surface area contributed by atoms with Crippen LogP contribution in [0.5, 0.6) is 0 Å². The van der Waals surface area contributed by atoms with Crippen molar-refractivity contribution < 1.29 is 19.0 Å². The largest absolute Gasteiger partial charge is 0.478 e. The predicted octanol–water partition coefficient (Wildman–Crippen LogP) is 2.72. The van der Waals surface area contributed by atoms with E-state index >= 15 is 0 Å². The molecule has 1 aromatic rings. The van der Waals surface area contributed by atoms with Gasteiger partial charge in [-0.3, -0.25) is 0 Å². The number of hydrogen-bond acceptors (Lipinski definition) is 2. The highest BCUT2D eigenvalue weighted by Crippen LogP contribution is 2.23. The van der Waals surface area contributed by atoms with Gasteiger partial charge < -0.3 is 9.84 Å². The summed E-state index contributed by atoms with van der Waals surface area (Å²) in [6, 6.07) is 5.54. The molecule has 0 amide bonds. The Morgan fingerprint density at radius 1 is 1.28 bits per heavy atom. The zero-order chi connectivity index (χ0) is 13.0. The lowest BCUT2D eigenvalue weighted by Crippen LogP contribution is -2.15. The topological polar surface area (TPSA) is 46.5 Å². The highest BCUT2D eigenvalue weighted by atomic mass is 19.1. The van der Waals surface area contributed by atoms with E-state index in [1.165, 1.54) is 24.3 Å². The third kappa shape index (κ3) is 3.17. The van der Waals surface area contributed by atoms with Crippen LogP contribution in [-0.2, 0) is 9.53 Å². The number of rotatable bonds is 3. The zero-order valence-electron chi connectivity index (χ0n) is 9.93. The van der Waals surface area contributed by atoms with Crippen molar-refractivity contribution in [2.24, 2.45) is 5.92 Å². The highest BCUT2D eigenvalue weighted by Gasteiger charge is 2.16. The van der Waals surface area contributed by atoms with E-state index in [1.807, 2.05) is 0 Å². The minimum absolute atomic E-state index is 0.218. The summed E-state index contributed by atoms with van der Waals surface area (Å²) in [6.45, 7) is 1.33. The van der Waals surface area contributed by atoms with Crippen molar-refractivity contribution in [3.8, 4) is 0 Å². The van der Waals surface area contributed by atoms with E-state index in [0.29, 0.717) is 18.8 Å². The smallest absolute Gasteiger partial charge is 0.335 e. The second kappa shape index (κ2) is 5.78. The number of aliphatic carboxylic acids is 1. The first-order chi connectivity index (χ1) is 8.66. The molecule has 0 aromatic heterocycles. The zero-order valence-corrected chi connectivity index (χ0v) is 9.93. The van der Waals surface area contributed by atoms with Gasteiger partial charge in [0.25, 0.3) is 0 Å². The van der Waals surface area contributed by atoms with Crippen LogP contribution in [0.4, 0.5) is 4.39 Å². The fraction of sp³-hybridized carbons (Fsp3) is 0.357. The molecule has 1 aromatic carbocycles. The highest BCUT2D eigenvalue weighted by molar-refractivity contribution is 6.15. The number of allylic oxidation sites excluding steroid dienone is 1. The maximum atomic E-state index is 12.8. The van der Waals surface area contributed by atoms with Gasteiger partial charge in [0.15, 0.2) is 0 Å². The van der Waals surface area contributed by atoms with Gasteiger partial charge in [-0.25, -0.2) is 9.18 Å². The Bertz CT molecular complexity index is 445. The average molecular weight is 250 g/mol. The quantitative estimate of drug-likeness (QED) is 0.839. The molecule has 0 radical (unpaired) electrons. The molecule has 0 unspecified atom stereocenters. The van der Waals surface area contributed by atoms with Crippen LogP contribution in [0.2, 0.25) is 0 Å². The molecule has 0 atom stereocenters. The molecule has 1 heterocycles. The third-order valence-electron chi connectivity index (χ3n) is 3.05. The van der Waals surface area contributed by atoms with E-state index in [-0.39, 0.29) is 17.3 Å². The summed E-state index contributed by atoms with van der Waals surface area (Å²) in [4.78, 5) is 11.3. The standard InChI is InChI=1S/C14H15FO3/c15-12-3-1-11(2-4-12)13(14(16)17)9-10-5-7-18-8-6-10/h1-4,9-10H,5-8H2,(H,16,17)/b13-9+. The van der Waals surface area contributed by atoms with Crippen LogP contribution in [0, 0.1) is 11.7 Å². The Morgan fingerprint density at radius 2 is 1.89 bits per heavy atom. The molecule has 96 valence electrons. The molecule has 1 N–H and O–H groups in total. The molecule has 0 aliphatic carbocycles. The van der Waals surface area contributed by atoms with Crippen molar-refractivity contribution in [1.29, 1.82) is 0 Å². The van der Waals surface area contributed by atoms with E-state index in [4.69, 9.17) is 4.74 Å². The SMILES string of the molecule is O=C(O)/C(=C/C1CCOCC1)c1ccc(F)cc1. The number of ether oxygens (including phenoxy) is 1. The van der Waals surface area contributed by atoms with Gasteiger partial charge in [-0.2, -0.15) is 0 Å². The van der Waals surface area contributed by atoms with Gasteiger partial charge in [0.05, 0.1) is 5.57 Å². The normalized spacial score (nSPS) is 17.7. The van der Waals surface area contributed by atoms with Crippen LogP contribution >= 0.6 is 0 Å². The molecule has 3 nitrogen and oxygen atoms in total. The second-order valence-electron chi connectivity index (χ2n) is 4.34. The maximum Gasteiger partial charge on any atom is 0.335 e. The van der Waals surface area contributed by atoms with E-state index in [9.17, 15) is 14.3 Å². The third-order valence-corrected chi connectivity index (χ3v) is 3.05. The molecule has 0 saturated carbocycles.